The quantitative estimate of drug-likeness (QED) is 0.210. The average molecular weight is 566 g/mol. The fourth-order valence-electron chi connectivity index (χ4n) is 6.33. The number of ether oxygens (including phenoxy) is 1. The molecule has 0 spiro atoms. The number of nitrogens with one attached hydrogen (secondary N) is 1. The Morgan fingerprint density at radius 2 is 1.41 bits per heavy atom. The number of carbonyl (C=O) groups is 3. The van der Waals surface area contributed by atoms with Gasteiger partial charge >= 0.3 is 0 Å². The van der Waals surface area contributed by atoms with Crippen LogP contribution in [0, 0.1) is 22.0 Å². The maximum Gasteiger partial charge on any atom is 0.293 e. The van der Waals surface area contributed by atoms with Crippen molar-refractivity contribution in [1.29, 1.82) is 0 Å². The highest BCUT2D eigenvalue weighted by molar-refractivity contribution is 6.36. The van der Waals surface area contributed by atoms with E-state index in [1.54, 1.807) is 24.3 Å². The first-order chi connectivity index (χ1) is 18.6. The SMILES string of the molecule is COc1ccc([N+](=O)[O-])c(NC(=O)[C@H](C)N2C(=O)[C@@H]3[C@@H](C2=O)C2(Cl)c4ccccc4C3(Cl)c3ccccc32)c1. The van der Waals surface area contributed by atoms with Crippen LogP contribution in [0.1, 0.15) is 29.2 Å². The molecule has 198 valence electrons. The van der Waals surface area contributed by atoms with E-state index in [2.05, 4.69) is 5.32 Å². The van der Waals surface area contributed by atoms with Crippen LogP contribution in [0.3, 0.4) is 0 Å². The molecule has 3 amide bonds. The predicted octanol–water partition coefficient (Wildman–Crippen LogP) is 4.52. The number of rotatable bonds is 5. The molecule has 1 aliphatic heterocycles. The van der Waals surface area contributed by atoms with E-state index < -0.39 is 50.3 Å². The first kappa shape index (κ1) is 25.3. The molecule has 3 aromatic rings. The molecule has 11 heteroatoms. The van der Waals surface area contributed by atoms with Gasteiger partial charge < -0.3 is 10.1 Å². The van der Waals surface area contributed by atoms with Crippen LogP contribution in [0.5, 0.6) is 5.75 Å². The number of nitro groups is 1. The van der Waals surface area contributed by atoms with Crippen LogP contribution in [-0.2, 0) is 24.1 Å². The van der Waals surface area contributed by atoms with Gasteiger partial charge in [-0.25, -0.2) is 0 Å². The second kappa shape index (κ2) is 8.53. The van der Waals surface area contributed by atoms with Gasteiger partial charge in [0.1, 0.15) is 27.2 Å². The van der Waals surface area contributed by atoms with Crippen LogP contribution in [0.25, 0.3) is 0 Å². The summed E-state index contributed by atoms with van der Waals surface area (Å²) < 4.78 is 5.12. The molecule has 9 nitrogen and oxygen atoms in total. The molecule has 3 aromatic carbocycles. The Kier molecular flexibility index (Phi) is 5.54. The number of methoxy groups -OCH3 is 1. The van der Waals surface area contributed by atoms with Crippen LogP contribution in [-0.4, -0.2) is 40.7 Å². The van der Waals surface area contributed by atoms with Crippen molar-refractivity contribution < 1.29 is 24.0 Å². The lowest BCUT2D eigenvalue weighted by Crippen LogP contribution is -2.57. The second-order valence-corrected chi connectivity index (χ2v) is 11.0. The summed E-state index contributed by atoms with van der Waals surface area (Å²) in [5, 5.41) is 14.0. The van der Waals surface area contributed by atoms with E-state index in [0.717, 1.165) is 4.90 Å². The number of imide groups is 1. The van der Waals surface area contributed by atoms with Gasteiger partial charge in [0.15, 0.2) is 0 Å². The van der Waals surface area contributed by atoms with Crippen molar-refractivity contribution >= 4 is 52.3 Å². The summed E-state index contributed by atoms with van der Waals surface area (Å²) in [6, 6.07) is 17.0. The number of likely N-dealkylation sites (tertiary alicyclic amines) is 1. The minimum Gasteiger partial charge on any atom is -0.497 e. The zero-order valence-corrected chi connectivity index (χ0v) is 22.2. The molecule has 4 aliphatic rings. The van der Waals surface area contributed by atoms with Crippen LogP contribution >= 0.6 is 23.2 Å². The highest BCUT2D eigenvalue weighted by Gasteiger charge is 2.73. The van der Waals surface area contributed by atoms with E-state index in [9.17, 15) is 24.5 Å². The first-order valence-electron chi connectivity index (χ1n) is 12.1. The molecule has 3 atom stereocenters. The van der Waals surface area contributed by atoms with E-state index in [-0.39, 0.29) is 17.1 Å². The molecule has 0 radical (unpaired) electrons. The van der Waals surface area contributed by atoms with Gasteiger partial charge in [0.2, 0.25) is 17.7 Å². The lowest BCUT2D eigenvalue weighted by molar-refractivity contribution is -0.383. The maximum absolute atomic E-state index is 14.0. The Morgan fingerprint density at radius 1 is 0.949 bits per heavy atom. The maximum atomic E-state index is 14.0. The van der Waals surface area contributed by atoms with E-state index in [1.165, 1.54) is 32.2 Å². The van der Waals surface area contributed by atoms with Crippen LogP contribution in [0.2, 0.25) is 0 Å². The van der Waals surface area contributed by atoms with E-state index in [4.69, 9.17) is 27.9 Å². The van der Waals surface area contributed by atoms with Crippen molar-refractivity contribution in [3.8, 4) is 5.75 Å². The number of anilines is 1. The lowest BCUT2D eigenvalue weighted by atomic mass is 9.54. The molecule has 1 N–H and O–H groups in total. The monoisotopic (exact) mass is 565 g/mol. The van der Waals surface area contributed by atoms with E-state index >= 15 is 0 Å². The third-order valence-electron chi connectivity index (χ3n) is 8.04. The highest BCUT2D eigenvalue weighted by atomic mass is 35.5. The summed E-state index contributed by atoms with van der Waals surface area (Å²) in [4.78, 5) is 50.4. The van der Waals surface area contributed by atoms with Crippen molar-refractivity contribution in [2.75, 3.05) is 12.4 Å². The summed E-state index contributed by atoms with van der Waals surface area (Å²) in [5.74, 6) is -3.89. The fourth-order valence-corrected chi connectivity index (χ4v) is 7.42. The van der Waals surface area contributed by atoms with Crippen molar-refractivity contribution in [2.24, 2.45) is 11.8 Å². The molecule has 0 aromatic heterocycles. The number of hydrogen-bond donors (Lipinski definition) is 1. The molecule has 1 saturated heterocycles. The van der Waals surface area contributed by atoms with Crippen LogP contribution in [0.15, 0.2) is 66.7 Å². The zero-order valence-electron chi connectivity index (χ0n) is 20.7. The number of halogens is 2. The van der Waals surface area contributed by atoms with Gasteiger partial charge in [0, 0.05) is 12.1 Å². The summed E-state index contributed by atoms with van der Waals surface area (Å²) in [6.07, 6.45) is 0. The van der Waals surface area contributed by atoms with Crippen molar-refractivity contribution in [2.45, 2.75) is 22.7 Å². The number of alkyl halides is 2. The third kappa shape index (κ3) is 3.17. The fraction of sp³-hybridized carbons (Fsp3) is 0.250. The molecule has 3 aliphatic carbocycles. The van der Waals surface area contributed by atoms with Crippen molar-refractivity contribution in [3.63, 3.8) is 0 Å². The summed E-state index contributed by atoms with van der Waals surface area (Å²) in [7, 11) is 1.38. The summed E-state index contributed by atoms with van der Waals surface area (Å²) in [5.41, 5.74) is 2.09. The molecule has 0 saturated carbocycles. The molecule has 7 rings (SSSR count). The Labute approximate surface area is 232 Å². The van der Waals surface area contributed by atoms with Gasteiger partial charge in [-0.15, -0.1) is 23.2 Å². The number of amides is 3. The van der Waals surface area contributed by atoms with Gasteiger partial charge in [-0.3, -0.25) is 29.4 Å². The number of benzene rings is 3. The largest absolute Gasteiger partial charge is 0.497 e. The molecule has 1 heterocycles. The predicted molar refractivity (Wildman–Crippen MR) is 143 cm³/mol. The Balaban J connectivity index is 1.42. The molecular formula is C28H21Cl2N3O6. The van der Waals surface area contributed by atoms with Gasteiger partial charge in [-0.2, -0.15) is 0 Å². The lowest BCUT2D eigenvalue weighted by Gasteiger charge is -2.54. The average Bonchev–Trinajstić information content (AvgIpc) is 3.21. The summed E-state index contributed by atoms with van der Waals surface area (Å²) >= 11 is 14.8. The number of nitrogens with zero attached hydrogens (tertiary/aromatic N) is 2. The van der Waals surface area contributed by atoms with Gasteiger partial charge in [-0.05, 0) is 35.2 Å². The van der Waals surface area contributed by atoms with E-state index in [0.29, 0.717) is 22.3 Å². The normalized spacial score (nSPS) is 26.9. The topological polar surface area (TPSA) is 119 Å². The van der Waals surface area contributed by atoms with Crippen LogP contribution < -0.4 is 10.1 Å². The molecule has 2 bridgehead atoms. The van der Waals surface area contributed by atoms with E-state index in [1.807, 2.05) is 24.3 Å². The molecular weight excluding hydrogens is 545 g/mol. The highest BCUT2D eigenvalue weighted by Crippen LogP contribution is 2.69. The smallest absolute Gasteiger partial charge is 0.293 e. The number of hydrogen-bond acceptors (Lipinski definition) is 6. The van der Waals surface area contributed by atoms with Crippen LogP contribution in [0.4, 0.5) is 11.4 Å². The van der Waals surface area contributed by atoms with Gasteiger partial charge in [0.25, 0.3) is 5.69 Å². The summed E-state index contributed by atoms with van der Waals surface area (Å²) in [6.45, 7) is 1.39. The zero-order chi connectivity index (χ0) is 27.9. The molecule has 39 heavy (non-hydrogen) atoms. The van der Waals surface area contributed by atoms with Gasteiger partial charge in [0.05, 0.1) is 23.9 Å². The Bertz CT molecular complexity index is 1490. The molecule has 1 fully saturated rings. The first-order valence-corrected chi connectivity index (χ1v) is 12.9. The minimum absolute atomic E-state index is 0.129. The Morgan fingerprint density at radius 3 is 1.82 bits per heavy atom. The standard InChI is InChI=1S/C28H21Cl2N3O6/c1-14(24(34)31-20-13-15(39-2)11-12-21(20)33(37)38)32-25(35)22-23(26(32)36)28(30)17-8-4-3-7-16(17)27(22,29)18-9-5-6-10-19(18)28/h3-14,22-23H,1-2H3,(H,31,34)/t14-,22-,23-,27?,28?/m0/s1. The molecule has 0 unspecified atom stereocenters. The minimum atomic E-state index is -1.38. The second-order valence-electron chi connectivity index (χ2n) is 9.82. The van der Waals surface area contributed by atoms with Gasteiger partial charge in [-0.1, -0.05) is 48.5 Å². The number of carbonyl (C=O) groups excluding carboxylic acids is 3. The number of nitro benzene ring substituents is 1. The van der Waals surface area contributed by atoms with Crippen molar-refractivity contribution in [1.82, 2.24) is 4.90 Å². The third-order valence-corrected chi connectivity index (χ3v) is 9.33. The van der Waals surface area contributed by atoms with Crippen molar-refractivity contribution in [3.05, 3.63) is 99.1 Å². The Hall–Kier alpha value is -3.95.